The van der Waals surface area contributed by atoms with Gasteiger partial charge in [-0.2, -0.15) is 10.2 Å². The van der Waals surface area contributed by atoms with Crippen molar-refractivity contribution in [3.8, 4) is 22.7 Å². The lowest BCUT2D eigenvalue weighted by Gasteiger charge is -2.08. The average molecular weight is 498 g/mol. The number of para-hydroxylation sites is 1. The largest absolute Gasteiger partial charge is 0.470 e. The molecule has 2 aromatic heterocycles. The molecule has 5 rings (SSSR count). The fourth-order valence-electron chi connectivity index (χ4n) is 3.77. The van der Waals surface area contributed by atoms with E-state index in [0.29, 0.717) is 23.0 Å². The SMILES string of the molecule is Cc1ccc(Cl)c(OCn2ccc(C(=O)NCc3cn(-c4ccccc4)nc3-c3ccccc3)n2)c1. The third kappa shape index (κ3) is 5.31. The summed E-state index contributed by atoms with van der Waals surface area (Å²) in [5, 5.41) is 12.6. The molecule has 0 atom stereocenters. The molecule has 2 heterocycles. The van der Waals surface area contributed by atoms with E-state index in [9.17, 15) is 4.79 Å². The van der Waals surface area contributed by atoms with Crippen molar-refractivity contribution in [2.75, 3.05) is 0 Å². The third-order valence-electron chi connectivity index (χ3n) is 5.61. The molecule has 0 saturated heterocycles. The highest BCUT2D eigenvalue weighted by atomic mass is 35.5. The van der Waals surface area contributed by atoms with Crippen LogP contribution in [0.2, 0.25) is 5.02 Å². The van der Waals surface area contributed by atoms with Crippen LogP contribution < -0.4 is 10.1 Å². The van der Waals surface area contributed by atoms with Crippen molar-refractivity contribution >= 4 is 17.5 Å². The molecule has 36 heavy (non-hydrogen) atoms. The highest BCUT2D eigenvalue weighted by molar-refractivity contribution is 6.32. The first-order chi connectivity index (χ1) is 17.6. The number of aryl methyl sites for hydroxylation is 1. The molecule has 0 aliphatic carbocycles. The van der Waals surface area contributed by atoms with Gasteiger partial charge in [-0.15, -0.1) is 0 Å². The van der Waals surface area contributed by atoms with Crippen molar-refractivity contribution in [3.63, 3.8) is 0 Å². The van der Waals surface area contributed by atoms with Gasteiger partial charge in [0, 0.05) is 30.1 Å². The van der Waals surface area contributed by atoms with Crippen molar-refractivity contribution in [2.45, 2.75) is 20.2 Å². The predicted molar refractivity (Wildman–Crippen MR) is 139 cm³/mol. The molecule has 8 heteroatoms. The van der Waals surface area contributed by atoms with Crippen LogP contribution in [0.5, 0.6) is 5.75 Å². The molecule has 0 radical (unpaired) electrons. The number of rotatable bonds is 8. The van der Waals surface area contributed by atoms with Gasteiger partial charge in [0.1, 0.15) is 11.4 Å². The summed E-state index contributed by atoms with van der Waals surface area (Å²) in [6.07, 6.45) is 3.64. The van der Waals surface area contributed by atoms with Crippen molar-refractivity contribution in [2.24, 2.45) is 0 Å². The lowest BCUT2D eigenvalue weighted by Crippen LogP contribution is -2.23. The van der Waals surface area contributed by atoms with Crippen LogP contribution in [-0.2, 0) is 13.3 Å². The number of carbonyl (C=O) groups excluding carboxylic acids is 1. The zero-order valence-electron chi connectivity index (χ0n) is 19.6. The Balaban J connectivity index is 1.28. The van der Waals surface area contributed by atoms with Crippen molar-refractivity contribution in [3.05, 3.63) is 119 Å². The molecule has 0 bridgehead atoms. The van der Waals surface area contributed by atoms with E-state index in [-0.39, 0.29) is 12.6 Å². The number of ether oxygens (including phenoxy) is 1. The number of carbonyl (C=O) groups is 1. The Labute approximate surface area is 213 Å². The van der Waals surface area contributed by atoms with Crippen LogP contribution in [0.25, 0.3) is 16.9 Å². The second-order valence-corrected chi connectivity index (χ2v) is 8.69. The summed E-state index contributed by atoms with van der Waals surface area (Å²) in [6, 6.07) is 27.0. The zero-order chi connectivity index (χ0) is 24.9. The summed E-state index contributed by atoms with van der Waals surface area (Å²) < 4.78 is 9.14. The summed E-state index contributed by atoms with van der Waals surface area (Å²) in [5.41, 5.74) is 4.97. The second kappa shape index (κ2) is 10.5. The number of hydrogen-bond donors (Lipinski definition) is 1. The fraction of sp³-hybridized carbons (Fsp3) is 0.107. The Hall–Kier alpha value is -4.36. The van der Waals surface area contributed by atoms with Gasteiger partial charge in [0.15, 0.2) is 6.73 Å². The lowest BCUT2D eigenvalue weighted by molar-refractivity contribution is 0.0944. The summed E-state index contributed by atoms with van der Waals surface area (Å²) in [4.78, 5) is 12.9. The first-order valence-corrected chi connectivity index (χ1v) is 11.8. The minimum atomic E-state index is -0.284. The summed E-state index contributed by atoms with van der Waals surface area (Å²) in [7, 11) is 0. The maximum atomic E-state index is 12.9. The summed E-state index contributed by atoms with van der Waals surface area (Å²) >= 11 is 6.19. The first-order valence-electron chi connectivity index (χ1n) is 11.5. The molecule has 0 aliphatic rings. The quantitative estimate of drug-likeness (QED) is 0.300. The lowest BCUT2D eigenvalue weighted by atomic mass is 10.1. The van der Waals surface area contributed by atoms with Crippen molar-refractivity contribution in [1.29, 1.82) is 0 Å². The van der Waals surface area contributed by atoms with Crippen LogP contribution in [0.1, 0.15) is 21.6 Å². The summed E-state index contributed by atoms with van der Waals surface area (Å²) in [5.74, 6) is 0.288. The minimum absolute atomic E-state index is 0.137. The molecular weight excluding hydrogens is 474 g/mol. The number of halogens is 1. The van der Waals surface area contributed by atoms with Gasteiger partial charge < -0.3 is 10.1 Å². The number of nitrogens with one attached hydrogen (secondary N) is 1. The molecule has 1 amide bonds. The minimum Gasteiger partial charge on any atom is -0.470 e. The normalized spacial score (nSPS) is 10.8. The van der Waals surface area contributed by atoms with Crippen molar-refractivity contribution < 1.29 is 9.53 Å². The van der Waals surface area contributed by atoms with E-state index in [4.69, 9.17) is 21.4 Å². The average Bonchev–Trinajstić information content (AvgIpc) is 3.57. The van der Waals surface area contributed by atoms with E-state index < -0.39 is 0 Å². The molecule has 0 aliphatic heterocycles. The van der Waals surface area contributed by atoms with Crippen LogP contribution in [0.15, 0.2) is 97.3 Å². The molecule has 0 unspecified atom stereocenters. The number of nitrogens with zero attached hydrogens (tertiary/aromatic N) is 4. The molecule has 3 aromatic carbocycles. The van der Waals surface area contributed by atoms with E-state index in [2.05, 4.69) is 10.4 Å². The number of benzene rings is 3. The Kier molecular flexibility index (Phi) is 6.82. The van der Waals surface area contributed by atoms with Crippen LogP contribution in [0, 0.1) is 6.92 Å². The van der Waals surface area contributed by atoms with Crippen LogP contribution in [-0.4, -0.2) is 25.5 Å². The molecule has 0 spiro atoms. The van der Waals surface area contributed by atoms with Gasteiger partial charge in [-0.1, -0.05) is 66.2 Å². The topological polar surface area (TPSA) is 74.0 Å². The maximum Gasteiger partial charge on any atom is 0.272 e. The van der Waals surface area contributed by atoms with Crippen LogP contribution in [0.4, 0.5) is 0 Å². The fourth-order valence-corrected chi connectivity index (χ4v) is 3.94. The van der Waals surface area contributed by atoms with E-state index in [1.807, 2.05) is 90.6 Å². The molecule has 1 N–H and O–H groups in total. The second-order valence-electron chi connectivity index (χ2n) is 8.28. The summed E-state index contributed by atoms with van der Waals surface area (Å²) in [6.45, 7) is 2.41. The van der Waals surface area contributed by atoms with Crippen molar-refractivity contribution in [1.82, 2.24) is 24.9 Å². The molecule has 5 aromatic rings. The Morgan fingerprint density at radius 3 is 2.50 bits per heavy atom. The Bertz CT molecular complexity index is 1480. The molecule has 0 saturated carbocycles. The van der Waals surface area contributed by atoms with E-state index in [1.54, 1.807) is 23.0 Å². The number of amides is 1. The smallest absolute Gasteiger partial charge is 0.272 e. The number of hydrogen-bond acceptors (Lipinski definition) is 4. The monoisotopic (exact) mass is 497 g/mol. The van der Waals surface area contributed by atoms with Gasteiger partial charge in [0.05, 0.1) is 16.4 Å². The number of aromatic nitrogens is 4. The van der Waals surface area contributed by atoms with Gasteiger partial charge >= 0.3 is 0 Å². The standard InChI is InChI=1S/C28H24ClN5O2/c1-20-12-13-24(29)26(16-20)36-19-33-15-14-25(31-33)28(35)30-17-22-18-34(23-10-6-3-7-11-23)32-27(22)21-8-4-2-5-9-21/h2-16,18H,17,19H2,1H3,(H,30,35). The highest BCUT2D eigenvalue weighted by Gasteiger charge is 2.15. The molecule has 180 valence electrons. The van der Waals surface area contributed by atoms with Gasteiger partial charge in [-0.05, 0) is 42.8 Å². The Morgan fingerprint density at radius 1 is 0.972 bits per heavy atom. The first kappa shape index (κ1) is 23.4. The molecule has 7 nitrogen and oxygen atoms in total. The van der Waals surface area contributed by atoms with E-state index in [0.717, 1.165) is 28.1 Å². The zero-order valence-corrected chi connectivity index (χ0v) is 20.4. The Morgan fingerprint density at radius 2 is 1.72 bits per heavy atom. The molecular formula is C28H24ClN5O2. The van der Waals surface area contributed by atoms with Gasteiger partial charge in [0.25, 0.3) is 5.91 Å². The van der Waals surface area contributed by atoms with Crippen LogP contribution in [0.3, 0.4) is 0 Å². The highest BCUT2D eigenvalue weighted by Crippen LogP contribution is 2.26. The van der Waals surface area contributed by atoms with Crippen LogP contribution >= 0.6 is 11.6 Å². The van der Waals surface area contributed by atoms with Gasteiger partial charge in [0.2, 0.25) is 0 Å². The van der Waals surface area contributed by atoms with Gasteiger partial charge in [-0.25, -0.2) is 9.36 Å². The van der Waals surface area contributed by atoms with Gasteiger partial charge in [-0.3, -0.25) is 4.79 Å². The molecule has 0 fully saturated rings. The predicted octanol–water partition coefficient (Wildman–Crippen LogP) is 5.66. The van der Waals surface area contributed by atoms with E-state index >= 15 is 0 Å². The van der Waals surface area contributed by atoms with E-state index in [1.165, 1.54) is 0 Å². The maximum absolute atomic E-state index is 12.9. The third-order valence-corrected chi connectivity index (χ3v) is 5.92.